The largest absolute Gasteiger partial charge is 0.457 e. The fourth-order valence-electron chi connectivity index (χ4n) is 2.05. The summed E-state index contributed by atoms with van der Waals surface area (Å²) in [7, 11) is 0. The van der Waals surface area contributed by atoms with Crippen molar-refractivity contribution < 1.29 is 9.13 Å². The molecule has 1 aromatic carbocycles. The van der Waals surface area contributed by atoms with E-state index in [1.165, 1.54) is 25.0 Å². The van der Waals surface area contributed by atoms with Gasteiger partial charge in [-0.1, -0.05) is 15.9 Å². The minimum Gasteiger partial charge on any atom is -0.457 e. The Kier molecular flexibility index (Phi) is 4.22. The number of nitrogens with one attached hydrogen (secondary N) is 1. The SMILES string of the molecule is Cc1cc(Oc2cc(F)cc(Br)c2)c(CNC2CC2)cn1. The second-order valence-electron chi connectivity index (χ2n) is 5.30. The average Bonchev–Trinajstić information content (AvgIpc) is 3.20. The smallest absolute Gasteiger partial charge is 0.135 e. The first-order chi connectivity index (χ1) is 10.1. The average molecular weight is 351 g/mol. The van der Waals surface area contributed by atoms with Crippen LogP contribution in [-0.4, -0.2) is 11.0 Å². The highest BCUT2D eigenvalue weighted by Gasteiger charge is 2.21. The van der Waals surface area contributed by atoms with Gasteiger partial charge in [0, 0.05) is 46.6 Å². The number of hydrogen-bond acceptors (Lipinski definition) is 3. The van der Waals surface area contributed by atoms with Crippen molar-refractivity contribution in [2.45, 2.75) is 32.4 Å². The number of aryl methyl sites for hydroxylation is 1. The van der Waals surface area contributed by atoms with Gasteiger partial charge in [-0.05, 0) is 31.9 Å². The number of pyridine rings is 1. The van der Waals surface area contributed by atoms with Gasteiger partial charge < -0.3 is 10.1 Å². The zero-order valence-electron chi connectivity index (χ0n) is 11.7. The van der Waals surface area contributed by atoms with Gasteiger partial charge in [-0.2, -0.15) is 0 Å². The molecular weight excluding hydrogens is 335 g/mol. The highest BCUT2D eigenvalue weighted by molar-refractivity contribution is 9.10. The van der Waals surface area contributed by atoms with E-state index in [1.807, 2.05) is 19.2 Å². The van der Waals surface area contributed by atoms with Crippen LogP contribution in [0, 0.1) is 12.7 Å². The Hall–Kier alpha value is -1.46. The molecule has 0 bridgehead atoms. The maximum absolute atomic E-state index is 13.4. The lowest BCUT2D eigenvalue weighted by molar-refractivity contribution is 0.465. The molecule has 0 spiro atoms. The van der Waals surface area contributed by atoms with Gasteiger partial charge in [0.15, 0.2) is 0 Å². The summed E-state index contributed by atoms with van der Waals surface area (Å²) in [6.07, 6.45) is 4.27. The molecule has 0 saturated heterocycles. The lowest BCUT2D eigenvalue weighted by Gasteiger charge is -2.12. The lowest BCUT2D eigenvalue weighted by atomic mass is 10.2. The third-order valence-electron chi connectivity index (χ3n) is 3.30. The molecule has 1 aliphatic rings. The zero-order chi connectivity index (χ0) is 14.8. The Morgan fingerprint density at radius 1 is 1.33 bits per heavy atom. The van der Waals surface area contributed by atoms with E-state index in [0.717, 1.165) is 11.3 Å². The summed E-state index contributed by atoms with van der Waals surface area (Å²) < 4.78 is 19.9. The van der Waals surface area contributed by atoms with E-state index in [9.17, 15) is 4.39 Å². The third-order valence-corrected chi connectivity index (χ3v) is 3.76. The molecule has 1 heterocycles. The van der Waals surface area contributed by atoms with Crippen molar-refractivity contribution in [1.82, 2.24) is 10.3 Å². The van der Waals surface area contributed by atoms with Gasteiger partial charge in [0.25, 0.3) is 0 Å². The molecular formula is C16H16BrFN2O. The molecule has 0 atom stereocenters. The highest BCUT2D eigenvalue weighted by Crippen LogP contribution is 2.29. The van der Waals surface area contributed by atoms with Crippen LogP contribution < -0.4 is 10.1 Å². The number of aromatic nitrogens is 1. The minimum absolute atomic E-state index is 0.331. The van der Waals surface area contributed by atoms with Crippen LogP contribution in [-0.2, 0) is 6.54 Å². The molecule has 2 aromatic rings. The number of halogens is 2. The van der Waals surface area contributed by atoms with Gasteiger partial charge in [0.05, 0.1) is 0 Å². The fraction of sp³-hybridized carbons (Fsp3) is 0.312. The van der Waals surface area contributed by atoms with Crippen molar-refractivity contribution in [3.63, 3.8) is 0 Å². The standard InChI is InChI=1S/C16H16BrFN2O/c1-10-4-16(11(8-19-10)9-20-14-2-3-14)21-15-6-12(17)5-13(18)7-15/h4-8,14,20H,2-3,9H2,1H3. The van der Waals surface area contributed by atoms with Gasteiger partial charge in [0.1, 0.15) is 17.3 Å². The first kappa shape index (κ1) is 14.5. The van der Waals surface area contributed by atoms with Gasteiger partial charge in [-0.3, -0.25) is 4.98 Å². The molecule has 0 aliphatic heterocycles. The molecule has 0 amide bonds. The van der Waals surface area contributed by atoms with E-state index in [4.69, 9.17) is 4.74 Å². The Balaban J connectivity index is 1.83. The zero-order valence-corrected chi connectivity index (χ0v) is 13.3. The number of ether oxygens (including phenoxy) is 1. The molecule has 1 N–H and O–H groups in total. The van der Waals surface area contributed by atoms with Crippen molar-refractivity contribution in [3.8, 4) is 11.5 Å². The van der Waals surface area contributed by atoms with Crippen LogP contribution >= 0.6 is 15.9 Å². The van der Waals surface area contributed by atoms with Crippen LogP contribution in [0.1, 0.15) is 24.1 Å². The molecule has 1 saturated carbocycles. The Morgan fingerprint density at radius 3 is 2.86 bits per heavy atom. The van der Waals surface area contributed by atoms with Gasteiger partial charge in [-0.25, -0.2) is 4.39 Å². The first-order valence-corrected chi connectivity index (χ1v) is 7.72. The molecule has 0 unspecified atom stereocenters. The summed E-state index contributed by atoms with van der Waals surface area (Å²) in [6, 6.07) is 7.01. The number of hydrogen-bond donors (Lipinski definition) is 1. The van der Waals surface area contributed by atoms with E-state index >= 15 is 0 Å². The predicted octanol–water partition coefficient (Wildman–Crippen LogP) is 4.34. The Morgan fingerprint density at radius 2 is 2.14 bits per heavy atom. The van der Waals surface area contributed by atoms with Crippen molar-refractivity contribution in [2.24, 2.45) is 0 Å². The summed E-state index contributed by atoms with van der Waals surface area (Å²) in [5, 5.41) is 3.44. The van der Waals surface area contributed by atoms with Crippen molar-refractivity contribution in [1.29, 1.82) is 0 Å². The van der Waals surface area contributed by atoms with Gasteiger partial charge in [-0.15, -0.1) is 0 Å². The minimum atomic E-state index is -0.331. The van der Waals surface area contributed by atoms with Crippen LogP contribution in [0.15, 0.2) is 34.9 Å². The number of nitrogens with zero attached hydrogens (tertiary/aromatic N) is 1. The lowest BCUT2D eigenvalue weighted by Crippen LogP contribution is -2.16. The molecule has 1 fully saturated rings. The molecule has 3 nitrogen and oxygen atoms in total. The summed E-state index contributed by atoms with van der Waals surface area (Å²) in [5.74, 6) is 0.858. The van der Waals surface area contributed by atoms with Crippen LogP contribution in [0.5, 0.6) is 11.5 Å². The van der Waals surface area contributed by atoms with E-state index in [-0.39, 0.29) is 5.82 Å². The molecule has 1 aromatic heterocycles. The summed E-state index contributed by atoms with van der Waals surface area (Å²) in [6.45, 7) is 2.62. The molecule has 5 heteroatoms. The molecule has 21 heavy (non-hydrogen) atoms. The topological polar surface area (TPSA) is 34.1 Å². The van der Waals surface area contributed by atoms with E-state index < -0.39 is 0 Å². The second-order valence-corrected chi connectivity index (χ2v) is 6.21. The monoisotopic (exact) mass is 350 g/mol. The quantitative estimate of drug-likeness (QED) is 0.870. The van der Waals surface area contributed by atoms with E-state index in [0.29, 0.717) is 28.6 Å². The fourth-order valence-corrected chi connectivity index (χ4v) is 2.49. The normalized spacial score (nSPS) is 14.2. The number of benzene rings is 1. The van der Waals surface area contributed by atoms with Gasteiger partial charge >= 0.3 is 0 Å². The molecule has 0 radical (unpaired) electrons. The maximum Gasteiger partial charge on any atom is 0.135 e. The van der Waals surface area contributed by atoms with Crippen molar-refractivity contribution >= 4 is 15.9 Å². The Bertz CT molecular complexity index is 638. The number of rotatable bonds is 5. The molecule has 1 aliphatic carbocycles. The summed E-state index contributed by atoms with van der Waals surface area (Å²) in [4.78, 5) is 4.31. The van der Waals surface area contributed by atoms with E-state index in [2.05, 4.69) is 26.2 Å². The highest BCUT2D eigenvalue weighted by atomic mass is 79.9. The van der Waals surface area contributed by atoms with E-state index in [1.54, 1.807) is 6.07 Å². The van der Waals surface area contributed by atoms with Gasteiger partial charge in [0.2, 0.25) is 0 Å². The first-order valence-electron chi connectivity index (χ1n) is 6.93. The van der Waals surface area contributed by atoms with Crippen LogP contribution in [0.25, 0.3) is 0 Å². The van der Waals surface area contributed by atoms with Crippen LogP contribution in [0.2, 0.25) is 0 Å². The summed E-state index contributed by atoms with van der Waals surface area (Å²) in [5.41, 5.74) is 1.85. The third kappa shape index (κ3) is 4.02. The van der Waals surface area contributed by atoms with Crippen LogP contribution in [0.3, 0.4) is 0 Å². The molecule has 110 valence electrons. The van der Waals surface area contributed by atoms with Crippen LogP contribution in [0.4, 0.5) is 4.39 Å². The molecule has 3 rings (SSSR count). The van der Waals surface area contributed by atoms with Crippen molar-refractivity contribution in [3.05, 3.63) is 52.0 Å². The Labute approximate surface area is 131 Å². The summed E-state index contributed by atoms with van der Waals surface area (Å²) >= 11 is 3.27. The second kappa shape index (κ2) is 6.12. The maximum atomic E-state index is 13.4. The van der Waals surface area contributed by atoms with Crippen molar-refractivity contribution in [2.75, 3.05) is 0 Å². The predicted molar refractivity (Wildman–Crippen MR) is 83.0 cm³/mol.